The number of hydrogen-bond donors (Lipinski definition) is 0. The highest BCUT2D eigenvalue weighted by Crippen LogP contribution is 2.11. The van der Waals surface area contributed by atoms with Crippen LogP contribution in [0.4, 0.5) is 0 Å². The van der Waals surface area contributed by atoms with Crippen molar-refractivity contribution in [2.45, 2.75) is 194 Å². The molecule has 62 heavy (non-hydrogen) atoms. The molecule has 0 fully saturated rings. The first-order valence-electron chi connectivity index (χ1n) is 24.7. The summed E-state index contributed by atoms with van der Waals surface area (Å²) in [5.41, 5.74) is 0. The van der Waals surface area contributed by atoms with Crippen molar-refractivity contribution in [3.8, 4) is 0 Å². The molecule has 0 aromatic rings. The van der Waals surface area contributed by atoms with E-state index in [1.807, 2.05) is 6.08 Å². The first-order valence-corrected chi connectivity index (χ1v) is 24.7. The maximum atomic E-state index is 12.7. The molecule has 0 heterocycles. The SMILES string of the molecule is CC/C=C\C/C=C\C/C=C\C/C=C\CCCCCCCOCC(COC(=O)CCCCCCC/C=C\C/C=C\C/C=C\CC)OC(=O)CC/C=C\C/C=C\C/C=C\C/C=C\CC. The van der Waals surface area contributed by atoms with Crippen LogP contribution in [0.25, 0.3) is 0 Å². The molecule has 5 nitrogen and oxygen atoms in total. The van der Waals surface area contributed by atoms with Crippen LogP contribution < -0.4 is 0 Å². The van der Waals surface area contributed by atoms with Gasteiger partial charge in [-0.05, 0) is 116 Å². The lowest BCUT2D eigenvalue weighted by Gasteiger charge is -2.18. The fourth-order valence-corrected chi connectivity index (χ4v) is 6.12. The van der Waals surface area contributed by atoms with Gasteiger partial charge in [0.25, 0.3) is 0 Å². The second-order valence-electron chi connectivity index (χ2n) is 15.6. The lowest BCUT2D eigenvalue weighted by Crippen LogP contribution is -2.30. The van der Waals surface area contributed by atoms with E-state index < -0.39 is 6.10 Å². The van der Waals surface area contributed by atoms with E-state index in [2.05, 4.69) is 148 Å². The summed E-state index contributed by atoms with van der Waals surface area (Å²) in [4.78, 5) is 25.3. The topological polar surface area (TPSA) is 61.8 Å². The Balaban J connectivity index is 4.44. The Labute approximate surface area is 381 Å². The quantitative estimate of drug-likeness (QED) is 0.0347. The Morgan fingerprint density at radius 1 is 0.355 bits per heavy atom. The molecule has 0 radical (unpaired) electrons. The van der Waals surface area contributed by atoms with Gasteiger partial charge in [-0.2, -0.15) is 0 Å². The highest BCUT2D eigenvalue weighted by Gasteiger charge is 2.17. The zero-order valence-electron chi connectivity index (χ0n) is 39.8. The minimum absolute atomic E-state index is 0.0306. The van der Waals surface area contributed by atoms with Crippen LogP contribution in [-0.4, -0.2) is 37.9 Å². The molecule has 5 heteroatoms. The van der Waals surface area contributed by atoms with Gasteiger partial charge < -0.3 is 14.2 Å². The van der Waals surface area contributed by atoms with E-state index in [1.54, 1.807) is 0 Å². The van der Waals surface area contributed by atoms with Crippen molar-refractivity contribution in [3.05, 3.63) is 134 Å². The summed E-state index contributed by atoms with van der Waals surface area (Å²) < 4.78 is 17.3. The molecule has 1 atom stereocenters. The van der Waals surface area contributed by atoms with Crippen molar-refractivity contribution >= 4 is 11.9 Å². The highest BCUT2D eigenvalue weighted by molar-refractivity contribution is 5.70. The normalized spacial score (nSPS) is 13.4. The lowest BCUT2D eigenvalue weighted by molar-refractivity contribution is -0.162. The summed E-state index contributed by atoms with van der Waals surface area (Å²) >= 11 is 0. The van der Waals surface area contributed by atoms with Gasteiger partial charge in [-0.3, -0.25) is 9.59 Å². The number of esters is 2. The Morgan fingerprint density at radius 2 is 0.710 bits per heavy atom. The van der Waals surface area contributed by atoms with Gasteiger partial charge in [0.15, 0.2) is 6.10 Å². The summed E-state index contributed by atoms with van der Waals surface area (Å²) in [6.07, 6.45) is 73.3. The fourth-order valence-electron chi connectivity index (χ4n) is 6.12. The number of unbranched alkanes of at least 4 members (excludes halogenated alkanes) is 10. The molecule has 0 N–H and O–H groups in total. The monoisotopic (exact) mass is 855 g/mol. The minimum Gasteiger partial charge on any atom is -0.462 e. The minimum atomic E-state index is -0.601. The molecule has 0 amide bonds. The Kier molecular flexibility index (Phi) is 48.1. The first kappa shape index (κ1) is 58.0. The lowest BCUT2D eigenvalue weighted by atomic mass is 10.1. The molecule has 0 rings (SSSR count). The highest BCUT2D eigenvalue weighted by atomic mass is 16.6. The molecule has 0 aliphatic rings. The van der Waals surface area contributed by atoms with Crippen molar-refractivity contribution in [1.29, 1.82) is 0 Å². The van der Waals surface area contributed by atoms with Crippen molar-refractivity contribution < 1.29 is 23.8 Å². The summed E-state index contributed by atoms with van der Waals surface area (Å²) in [6.45, 7) is 7.32. The second-order valence-corrected chi connectivity index (χ2v) is 15.6. The summed E-state index contributed by atoms with van der Waals surface area (Å²) in [5.74, 6) is -0.534. The first-order chi connectivity index (χ1) is 30.6. The third-order valence-electron chi connectivity index (χ3n) is 9.68. The van der Waals surface area contributed by atoms with Gasteiger partial charge in [0.1, 0.15) is 6.61 Å². The molecule has 0 saturated heterocycles. The summed E-state index contributed by atoms with van der Waals surface area (Å²) in [6, 6.07) is 0. The molecule has 1 unspecified atom stereocenters. The molecule has 0 saturated carbocycles. The standard InChI is InChI=1S/C57H90O5/c1-4-7-10-13-16-19-22-25-27-28-29-31-34-37-40-43-46-49-52-60-53-55(62-57(59)51-48-45-42-39-36-32-24-21-18-15-12-9-6-3)54-61-56(58)50-47-44-41-38-35-33-30-26-23-20-17-14-11-8-5-2/h7-12,16-21,25-27,29-32,36,42,45,55H,4-6,13-15,22-24,28,33-35,37-41,43-44,46-54H2,1-3H3/b10-7-,11-8-,12-9-,19-16-,20-17-,21-18-,27-25-,30-26-,31-29-,36-32-,45-42-. The maximum Gasteiger partial charge on any atom is 0.306 e. The predicted octanol–water partition coefficient (Wildman–Crippen LogP) is 16.8. The van der Waals surface area contributed by atoms with Gasteiger partial charge in [0.2, 0.25) is 0 Å². The smallest absolute Gasteiger partial charge is 0.306 e. The van der Waals surface area contributed by atoms with Gasteiger partial charge in [-0.15, -0.1) is 0 Å². The number of hydrogen-bond acceptors (Lipinski definition) is 5. The van der Waals surface area contributed by atoms with Gasteiger partial charge in [-0.1, -0.05) is 193 Å². The van der Waals surface area contributed by atoms with E-state index in [1.165, 1.54) is 32.1 Å². The van der Waals surface area contributed by atoms with E-state index in [0.29, 0.717) is 19.4 Å². The zero-order chi connectivity index (χ0) is 44.9. The number of rotatable bonds is 43. The van der Waals surface area contributed by atoms with E-state index in [-0.39, 0.29) is 31.6 Å². The fraction of sp³-hybridized carbons (Fsp3) is 0.579. The van der Waals surface area contributed by atoms with Crippen LogP contribution in [0, 0.1) is 0 Å². The molecule has 0 aromatic carbocycles. The van der Waals surface area contributed by atoms with Crippen LogP contribution in [0.1, 0.15) is 188 Å². The molecular weight excluding hydrogens is 765 g/mol. The van der Waals surface area contributed by atoms with Gasteiger partial charge >= 0.3 is 11.9 Å². The van der Waals surface area contributed by atoms with E-state index >= 15 is 0 Å². The van der Waals surface area contributed by atoms with E-state index in [4.69, 9.17) is 14.2 Å². The zero-order valence-corrected chi connectivity index (χ0v) is 39.8. The Bertz CT molecular complexity index is 1330. The maximum absolute atomic E-state index is 12.7. The number of allylic oxidation sites excluding steroid dienone is 22. The summed E-state index contributed by atoms with van der Waals surface area (Å²) in [5, 5.41) is 0. The molecule has 0 aliphatic carbocycles. The average molecular weight is 855 g/mol. The van der Waals surface area contributed by atoms with Crippen LogP contribution in [0.3, 0.4) is 0 Å². The van der Waals surface area contributed by atoms with Crippen LogP contribution in [0.2, 0.25) is 0 Å². The number of carbonyl (C=O) groups is 2. The second kappa shape index (κ2) is 51.4. The molecule has 0 bridgehead atoms. The third kappa shape index (κ3) is 48.7. The van der Waals surface area contributed by atoms with E-state index in [0.717, 1.165) is 116 Å². The number of carbonyl (C=O) groups excluding carboxylic acids is 2. The van der Waals surface area contributed by atoms with Crippen molar-refractivity contribution in [2.75, 3.05) is 19.8 Å². The van der Waals surface area contributed by atoms with E-state index in [9.17, 15) is 9.59 Å². The Hall–Kier alpha value is -3.96. The van der Waals surface area contributed by atoms with Crippen molar-refractivity contribution in [1.82, 2.24) is 0 Å². The average Bonchev–Trinajstić information content (AvgIpc) is 3.27. The van der Waals surface area contributed by atoms with Crippen molar-refractivity contribution in [3.63, 3.8) is 0 Å². The predicted molar refractivity (Wildman–Crippen MR) is 269 cm³/mol. The third-order valence-corrected chi connectivity index (χ3v) is 9.68. The van der Waals surface area contributed by atoms with Crippen LogP contribution in [-0.2, 0) is 23.8 Å². The number of ether oxygens (including phenoxy) is 3. The Morgan fingerprint density at radius 3 is 1.15 bits per heavy atom. The molecule has 0 aliphatic heterocycles. The molecular formula is C57H90O5. The van der Waals surface area contributed by atoms with Gasteiger partial charge in [0.05, 0.1) is 6.61 Å². The largest absolute Gasteiger partial charge is 0.462 e. The summed E-state index contributed by atoms with van der Waals surface area (Å²) in [7, 11) is 0. The molecule has 348 valence electrons. The van der Waals surface area contributed by atoms with Gasteiger partial charge in [0, 0.05) is 19.4 Å². The van der Waals surface area contributed by atoms with Crippen LogP contribution in [0.15, 0.2) is 134 Å². The molecule has 0 spiro atoms. The van der Waals surface area contributed by atoms with Crippen LogP contribution in [0.5, 0.6) is 0 Å². The van der Waals surface area contributed by atoms with Crippen molar-refractivity contribution in [2.24, 2.45) is 0 Å². The molecule has 0 aromatic heterocycles. The van der Waals surface area contributed by atoms with Crippen LogP contribution >= 0.6 is 0 Å². The van der Waals surface area contributed by atoms with Gasteiger partial charge in [-0.25, -0.2) is 0 Å².